The maximum Gasteiger partial charge on any atom is 0.0795 e. The number of hydrogen-bond acceptors (Lipinski definition) is 3. The molecule has 2 nitrogen and oxygen atoms in total. The summed E-state index contributed by atoms with van der Waals surface area (Å²) in [4.78, 5) is 6.79. The number of nitrogens with zero attached hydrogens (tertiary/aromatic N) is 2. The van der Waals surface area contributed by atoms with Crippen LogP contribution in [0.15, 0.2) is 10.9 Å². The highest BCUT2D eigenvalue weighted by molar-refractivity contribution is 7.07. The zero-order valence-electron chi connectivity index (χ0n) is 8.78. The van der Waals surface area contributed by atoms with Gasteiger partial charge in [-0.05, 0) is 19.9 Å². The van der Waals surface area contributed by atoms with Crippen molar-refractivity contribution in [3.8, 4) is 0 Å². The number of thiazole rings is 1. The van der Waals surface area contributed by atoms with E-state index in [1.165, 1.54) is 37.8 Å². The Balaban J connectivity index is 1.85. The van der Waals surface area contributed by atoms with Crippen molar-refractivity contribution in [1.29, 1.82) is 0 Å². The molecule has 1 aliphatic rings. The lowest BCUT2D eigenvalue weighted by Crippen LogP contribution is -2.32. The van der Waals surface area contributed by atoms with E-state index in [0.29, 0.717) is 0 Å². The third-order valence-electron chi connectivity index (χ3n) is 3.09. The molecule has 0 saturated heterocycles. The topological polar surface area (TPSA) is 16.1 Å². The monoisotopic (exact) mass is 210 g/mol. The second-order valence-electron chi connectivity index (χ2n) is 4.19. The summed E-state index contributed by atoms with van der Waals surface area (Å²) in [6.45, 7) is 1.02. The van der Waals surface area contributed by atoms with Gasteiger partial charge in [0.2, 0.25) is 0 Å². The number of rotatable bonds is 3. The highest BCUT2D eigenvalue weighted by Crippen LogP contribution is 2.22. The summed E-state index contributed by atoms with van der Waals surface area (Å²) in [6, 6.07) is 0.797. The molecule has 0 atom stereocenters. The summed E-state index contributed by atoms with van der Waals surface area (Å²) in [5.41, 5.74) is 3.15. The van der Waals surface area contributed by atoms with Crippen LogP contribution in [0.1, 0.15) is 37.8 Å². The molecule has 0 aromatic carbocycles. The first-order valence-electron chi connectivity index (χ1n) is 5.43. The van der Waals surface area contributed by atoms with Crippen molar-refractivity contribution in [3.05, 3.63) is 16.6 Å². The molecule has 1 fully saturated rings. The van der Waals surface area contributed by atoms with E-state index in [1.54, 1.807) is 11.3 Å². The van der Waals surface area contributed by atoms with Crippen LogP contribution >= 0.6 is 11.3 Å². The van der Waals surface area contributed by atoms with Crippen LogP contribution < -0.4 is 0 Å². The van der Waals surface area contributed by atoms with Crippen LogP contribution in [0.4, 0.5) is 0 Å². The normalized spacial score (nSPS) is 19.0. The van der Waals surface area contributed by atoms with Gasteiger partial charge >= 0.3 is 0 Å². The van der Waals surface area contributed by atoms with E-state index >= 15 is 0 Å². The van der Waals surface area contributed by atoms with Crippen molar-refractivity contribution < 1.29 is 0 Å². The summed E-state index contributed by atoms with van der Waals surface area (Å²) in [5, 5.41) is 2.15. The van der Waals surface area contributed by atoms with Gasteiger partial charge in [0.1, 0.15) is 0 Å². The van der Waals surface area contributed by atoms with Crippen LogP contribution in [-0.2, 0) is 6.54 Å². The smallest absolute Gasteiger partial charge is 0.0795 e. The first-order chi connectivity index (χ1) is 6.86. The van der Waals surface area contributed by atoms with Gasteiger partial charge in [0, 0.05) is 18.0 Å². The minimum Gasteiger partial charge on any atom is -0.298 e. The fraction of sp³-hybridized carbons (Fsp3) is 0.727. The molecule has 1 aromatic rings. The van der Waals surface area contributed by atoms with E-state index in [2.05, 4.69) is 22.3 Å². The molecule has 1 aliphatic carbocycles. The molecule has 0 bridgehead atoms. The molecule has 14 heavy (non-hydrogen) atoms. The Morgan fingerprint density at radius 2 is 2.21 bits per heavy atom. The number of aromatic nitrogens is 1. The van der Waals surface area contributed by atoms with Gasteiger partial charge in [-0.2, -0.15) is 0 Å². The minimum atomic E-state index is 0.797. The van der Waals surface area contributed by atoms with Gasteiger partial charge in [-0.1, -0.05) is 19.3 Å². The molecule has 2 rings (SSSR count). The van der Waals surface area contributed by atoms with Crippen molar-refractivity contribution in [2.45, 2.75) is 44.7 Å². The fourth-order valence-corrected chi connectivity index (χ4v) is 2.77. The zero-order chi connectivity index (χ0) is 9.80. The van der Waals surface area contributed by atoms with Crippen LogP contribution in [0.25, 0.3) is 0 Å². The Bertz CT molecular complexity index is 252. The predicted octanol–water partition coefficient (Wildman–Crippen LogP) is 2.91. The summed E-state index contributed by atoms with van der Waals surface area (Å²) in [6.07, 6.45) is 7.00. The molecular weight excluding hydrogens is 192 g/mol. The molecular formula is C11H18N2S. The third kappa shape index (κ3) is 2.55. The summed E-state index contributed by atoms with van der Waals surface area (Å²) >= 11 is 1.69. The fourth-order valence-electron chi connectivity index (χ4n) is 2.22. The van der Waals surface area contributed by atoms with Gasteiger partial charge in [-0.3, -0.25) is 4.90 Å². The second kappa shape index (κ2) is 4.89. The summed E-state index contributed by atoms with van der Waals surface area (Å²) in [5.74, 6) is 0. The predicted molar refractivity (Wildman–Crippen MR) is 60.5 cm³/mol. The molecule has 0 N–H and O–H groups in total. The lowest BCUT2D eigenvalue weighted by atomic mass is 9.94. The Morgan fingerprint density at radius 1 is 1.43 bits per heavy atom. The van der Waals surface area contributed by atoms with E-state index in [0.717, 1.165) is 12.6 Å². The van der Waals surface area contributed by atoms with Crippen molar-refractivity contribution >= 4 is 11.3 Å². The Kier molecular flexibility index (Phi) is 3.54. The van der Waals surface area contributed by atoms with Crippen molar-refractivity contribution in [2.24, 2.45) is 0 Å². The maximum atomic E-state index is 4.33. The quantitative estimate of drug-likeness (QED) is 0.762. The Labute approximate surface area is 90.0 Å². The van der Waals surface area contributed by atoms with Gasteiger partial charge in [0.25, 0.3) is 0 Å². The average molecular weight is 210 g/mol. The molecule has 0 aliphatic heterocycles. The minimum absolute atomic E-state index is 0.797. The largest absolute Gasteiger partial charge is 0.298 e. The van der Waals surface area contributed by atoms with Crippen LogP contribution in [0.3, 0.4) is 0 Å². The molecule has 0 radical (unpaired) electrons. The van der Waals surface area contributed by atoms with E-state index in [4.69, 9.17) is 0 Å². The van der Waals surface area contributed by atoms with Crippen LogP contribution in [0.5, 0.6) is 0 Å². The molecule has 0 amide bonds. The van der Waals surface area contributed by atoms with Gasteiger partial charge < -0.3 is 0 Å². The summed E-state index contributed by atoms with van der Waals surface area (Å²) in [7, 11) is 2.23. The van der Waals surface area contributed by atoms with E-state index in [1.807, 2.05) is 5.51 Å². The second-order valence-corrected chi connectivity index (χ2v) is 4.91. The van der Waals surface area contributed by atoms with Gasteiger partial charge in [0.05, 0.1) is 11.2 Å². The lowest BCUT2D eigenvalue weighted by molar-refractivity contribution is 0.183. The van der Waals surface area contributed by atoms with E-state index in [9.17, 15) is 0 Å². The standard InChI is InChI=1S/C11H18N2S/c1-13(7-10-8-14-9-12-10)11-5-3-2-4-6-11/h8-9,11H,2-7H2,1H3. The van der Waals surface area contributed by atoms with Crippen LogP contribution in [0.2, 0.25) is 0 Å². The molecule has 1 aromatic heterocycles. The van der Waals surface area contributed by atoms with Gasteiger partial charge in [-0.15, -0.1) is 11.3 Å². The Morgan fingerprint density at radius 3 is 2.86 bits per heavy atom. The zero-order valence-corrected chi connectivity index (χ0v) is 9.59. The SMILES string of the molecule is CN(Cc1cscn1)C1CCCCC1. The first kappa shape index (κ1) is 10.1. The molecule has 0 unspecified atom stereocenters. The van der Waals surface area contributed by atoms with Crippen LogP contribution in [0, 0.1) is 0 Å². The van der Waals surface area contributed by atoms with E-state index in [-0.39, 0.29) is 0 Å². The Hall–Kier alpha value is -0.410. The van der Waals surface area contributed by atoms with Crippen molar-refractivity contribution in [1.82, 2.24) is 9.88 Å². The molecule has 78 valence electrons. The molecule has 0 spiro atoms. The lowest BCUT2D eigenvalue weighted by Gasteiger charge is -2.30. The highest BCUT2D eigenvalue weighted by atomic mass is 32.1. The third-order valence-corrected chi connectivity index (χ3v) is 3.73. The first-order valence-corrected chi connectivity index (χ1v) is 6.38. The highest BCUT2D eigenvalue weighted by Gasteiger charge is 2.18. The van der Waals surface area contributed by atoms with Crippen LogP contribution in [-0.4, -0.2) is 23.0 Å². The number of hydrogen-bond donors (Lipinski definition) is 0. The molecule has 1 heterocycles. The molecule has 1 saturated carbocycles. The van der Waals surface area contributed by atoms with Gasteiger partial charge in [-0.25, -0.2) is 4.98 Å². The van der Waals surface area contributed by atoms with Gasteiger partial charge in [0.15, 0.2) is 0 Å². The van der Waals surface area contributed by atoms with E-state index < -0.39 is 0 Å². The average Bonchev–Trinajstić information content (AvgIpc) is 2.72. The van der Waals surface area contributed by atoms with Crippen molar-refractivity contribution in [3.63, 3.8) is 0 Å². The van der Waals surface area contributed by atoms with Crippen molar-refractivity contribution in [2.75, 3.05) is 7.05 Å². The maximum absolute atomic E-state index is 4.33. The summed E-state index contributed by atoms with van der Waals surface area (Å²) < 4.78 is 0. The molecule has 3 heteroatoms.